The first-order valence-corrected chi connectivity index (χ1v) is 10.00. The molecule has 2 aromatic rings. The molecule has 1 aromatic heterocycles. The number of aromatic nitrogens is 1. The molecule has 3 rings (SSSR count). The molecule has 0 radical (unpaired) electrons. The van der Waals surface area contributed by atoms with Crippen LogP contribution < -0.4 is 15.5 Å². The highest BCUT2D eigenvalue weighted by atomic mass is 16.1. The molecule has 1 amide bonds. The average molecular weight is 367 g/mol. The van der Waals surface area contributed by atoms with Gasteiger partial charge < -0.3 is 15.5 Å². The van der Waals surface area contributed by atoms with Gasteiger partial charge in [-0.25, -0.2) is 0 Å². The number of anilines is 3. The third kappa shape index (κ3) is 4.79. The van der Waals surface area contributed by atoms with Crippen LogP contribution in [0.4, 0.5) is 17.1 Å². The monoisotopic (exact) mass is 366 g/mol. The minimum atomic E-state index is -0.0841. The number of nitrogens with zero attached hydrogens (tertiary/aromatic N) is 2. The highest BCUT2D eigenvalue weighted by molar-refractivity contribution is 5.93. The third-order valence-corrected chi connectivity index (χ3v) is 5.30. The molecule has 1 heterocycles. The molecule has 0 bridgehead atoms. The second-order valence-corrected chi connectivity index (χ2v) is 7.18. The topological polar surface area (TPSA) is 57.3 Å². The van der Waals surface area contributed by atoms with Gasteiger partial charge in [-0.1, -0.05) is 12.8 Å². The Morgan fingerprint density at radius 3 is 2.56 bits per heavy atom. The molecule has 1 fully saturated rings. The first-order valence-electron chi connectivity index (χ1n) is 10.00. The minimum absolute atomic E-state index is 0.0841. The second kappa shape index (κ2) is 8.89. The number of carbonyl (C=O) groups is 1. The zero-order valence-corrected chi connectivity index (χ0v) is 16.6. The van der Waals surface area contributed by atoms with Crippen molar-refractivity contribution in [3.8, 4) is 0 Å². The van der Waals surface area contributed by atoms with E-state index in [4.69, 9.17) is 0 Å². The summed E-state index contributed by atoms with van der Waals surface area (Å²) in [7, 11) is 0. The molecule has 0 aliphatic heterocycles. The summed E-state index contributed by atoms with van der Waals surface area (Å²) in [5, 5.41) is 6.52. The van der Waals surface area contributed by atoms with Gasteiger partial charge in [0.2, 0.25) is 0 Å². The molecule has 1 saturated carbocycles. The van der Waals surface area contributed by atoms with Crippen molar-refractivity contribution in [3.63, 3.8) is 0 Å². The molecule has 0 atom stereocenters. The van der Waals surface area contributed by atoms with Crippen LogP contribution in [0.1, 0.15) is 55.6 Å². The summed E-state index contributed by atoms with van der Waals surface area (Å²) in [6.07, 6.45) is 6.22. The van der Waals surface area contributed by atoms with Crippen LogP contribution in [0.25, 0.3) is 0 Å². The first kappa shape index (κ1) is 19.2. The van der Waals surface area contributed by atoms with Gasteiger partial charge in [0.25, 0.3) is 5.91 Å². The maximum absolute atomic E-state index is 12.5. The number of nitrogens with one attached hydrogen (secondary N) is 2. The Kier molecular flexibility index (Phi) is 6.32. The predicted octanol–water partition coefficient (Wildman–Crippen LogP) is 4.65. The van der Waals surface area contributed by atoms with Crippen molar-refractivity contribution >= 4 is 23.0 Å². The second-order valence-electron chi connectivity index (χ2n) is 7.18. The number of carbonyl (C=O) groups excluding carboxylic acids is 1. The Bertz CT molecular complexity index is 780. The number of hydrogen-bond donors (Lipinski definition) is 2. The predicted molar refractivity (Wildman–Crippen MR) is 112 cm³/mol. The largest absolute Gasteiger partial charge is 0.372 e. The minimum Gasteiger partial charge on any atom is -0.372 e. The molecule has 1 aromatic carbocycles. The third-order valence-electron chi connectivity index (χ3n) is 5.30. The Morgan fingerprint density at radius 2 is 1.89 bits per heavy atom. The van der Waals surface area contributed by atoms with Crippen molar-refractivity contribution in [1.82, 2.24) is 10.3 Å². The Hall–Kier alpha value is -2.56. The fourth-order valence-electron chi connectivity index (χ4n) is 3.69. The van der Waals surface area contributed by atoms with Crippen LogP contribution >= 0.6 is 0 Å². The van der Waals surface area contributed by atoms with Crippen molar-refractivity contribution in [1.29, 1.82) is 0 Å². The summed E-state index contributed by atoms with van der Waals surface area (Å²) in [5.74, 6) is -0.0841. The summed E-state index contributed by atoms with van der Waals surface area (Å²) in [6, 6.07) is 10.4. The van der Waals surface area contributed by atoms with Gasteiger partial charge in [0.15, 0.2) is 0 Å². The molecular formula is C22H30N4O. The van der Waals surface area contributed by atoms with E-state index in [-0.39, 0.29) is 5.91 Å². The van der Waals surface area contributed by atoms with Gasteiger partial charge in [0.1, 0.15) is 5.69 Å². The van der Waals surface area contributed by atoms with E-state index in [0.717, 1.165) is 37.3 Å². The number of pyridine rings is 1. The average Bonchev–Trinajstić information content (AvgIpc) is 3.18. The van der Waals surface area contributed by atoms with Crippen LogP contribution in [-0.2, 0) is 0 Å². The number of aryl methyl sites for hydroxylation is 1. The lowest BCUT2D eigenvalue weighted by Crippen LogP contribution is -2.33. The van der Waals surface area contributed by atoms with Gasteiger partial charge in [0.05, 0.1) is 0 Å². The maximum atomic E-state index is 12.5. The zero-order chi connectivity index (χ0) is 19.2. The molecule has 0 saturated heterocycles. The van der Waals surface area contributed by atoms with E-state index >= 15 is 0 Å². The van der Waals surface area contributed by atoms with Crippen LogP contribution in [0.2, 0.25) is 0 Å². The molecule has 2 N–H and O–H groups in total. The summed E-state index contributed by atoms with van der Waals surface area (Å²) in [5.41, 5.74) is 4.78. The summed E-state index contributed by atoms with van der Waals surface area (Å²) in [4.78, 5) is 19.0. The smallest absolute Gasteiger partial charge is 0.270 e. The van der Waals surface area contributed by atoms with E-state index in [1.165, 1.54) is 24.1 Å². The van der Waals surface area contributed by atoms with Gasteiger partial charge >= 0.3 is 0 Å². The van der Waals surface area contributed by atoms with Crippen LogP contribution in [0.3, 0.4) is 0 Å². The molecule has 1 aliphatic rings. The van der Waals surface area contributed by atoms with Gasteiger partial charge in [-0.3, -0.25) is 9.78 Å². The van der Waals surface area contributed by atoms with Gasteiger partial charge in [-0.15, -0.1) is 0 Å². The number of benzene rings is 1. The lowest BCUT2D eigenvalue weighted by molar-refractivity contribution is 0.0933. The summed E-state index contributed by atoms with van der Waals surface area (Å²) < 4.78 is 0. The quantitative estimate of drug-likeness (QED) is 0.749. The van der Waals surface area contributed by atoms with Crippen molar-refractivity contribution in [2.24, 2.45) is 0 Å². The molecule has 1 aliphatic carbocycles. The maximum Gasteiger partial charge on any atom is 0.270 e. The van der Waals surface area contributed by atoms with E-state index in [1.54, 1.807) is 6.20 Å². The van der Waals surface area contributed by atoms with E-state index in [2.05, 4.69) is 59.5 Å². The zero-order valence-electron chi connectivity index (χ0n) is 16.6. The lowest BCUT2D eigenvalue weighted by Gasteiger charge is -2.22. The number of amides is 1. The fraction of sp³-hybridized carbons (Fsp3) is 0.455. The molecule has 0 spiro atoms. The Morgan fingerprint density at radius 1 is 1.15 bits per heavy atom. The van der Waals surface area contributed by atoms with Crippen LogP contribution in [0, 0.1) is 6.92 Å². The van der Waals surface area contributed by atoms with Crippen molar-refractivity contribution in [2.45, 2.75) is 52.5 Å². The van der Waals surface area contributed by atoms with Crippen molar-refractivity contribution in [3.05, 3.63) is 47.8 Å². The first-order chi connectivity index (χ1) is 13.1. The highest BCUT2D eigenvalue weighted by Crippen LogP contribution is 2.26. The molecule has 5 heteroatoms. The number of hydrogen-bond acceptors (Lipinski definition) is 4. The molecule has 27 heavy (non-hydrogen) atoms. The van der Waals surface area contributed by atoms with E-state index < -0.39 is 0 Å². The van der Waals surface area contributed by atoms with Crippen molar-refractivity contribution < 1.29 is 4.79 Å². The fourth-order valence-corrected chi connectivity index (χ4v) is 3.69. The SMILES string of the molecule is CCN(CC)c1ccc(Nc2ccnc(C(=O)NC3CCCC3)c2)c(C)c1. The summed E-state index contributed by atoms with van der Waals surface area (Å²) >= 11 is 0. The lowest BCUT2D eigenvalue weighted by atomic mass is 10.1. The van der Waals surface area contributed by atoms with Crippen LogP contribution in [0.15, 0.2) is 36.5 Å². The van der Waals surface area contributed by atoms with Crippen LogP contribution in [0.5, 0.6) is 0 Å². The normalized spacial score (nSPS) is 14.2. The van der Waals surface area contributed by atoms with Crippen LogP contribution in [-0.4, -0.2) is 30.0 Å². The molecule has 0 unspecified atom stereocenters. The molecule has 5 nitrogen and oxygen atoms in total. The number of rotatable bonds is 7. The molecule has 144 valence electrons. The van der Waals surface area contributed by atoms with E-state index in [0.29, 0.717) is 11.7 Å². The highest BCUT2D eigenvalue weighted by Gasteiger charge is 2.18. The van der Waals surface area contributed by atoms with Gasteiger partial charge in [0, 0.05) is 42.4 Å². The molecular weight excluding hydrogens is 336 g/mol. The van der Waals surface area contributed by atoms with E-state index in [9.17, 15) is 4.79 Å². The Balaban J connectivity index is 1.71. The Labute approximate surface area is 162 Å². The summed E-state index contributed by atoms with van der Waals surface area (Å²) in [6.45, 7) is 8.42. The van der Waals surface area contributed by atoms with E-state index in [1.807, 2.05) is 12.1 Å². The van der Waals surface area contributed by atoms with Gasteiger partial charge in [-0.2, -0.15) is 0 Å². The standard InChI is InChI=1S/C22H30N4O/c1-4-26(5-2)19-10-11-20(16(3)14-19)24-18-12-13-23-21(15-18)22(27)25-17-8-6-7-9-17/h10-15,17H,4-9H2,1-3H3,(H,23,24)(H,25,27). The van der Waals surface area contributed by atoms with Gasteiger partial charge in [-0.05, 0) is 69.5 Å². The van der Waals surface area contributed by atoms with Crippen molar-refractivity contribution in [2.75, 3.05) is 23.3 Å².